The second-order valence-electron chi connectivity index (χ2n) is 7.99. The van der Waals surface area contributed by atoms with Gasteiger partial charge < -0.3 is 20.1 Å². The number of guanidine groups is 1. The molecule has 8 heteroatoms. The fourth-order valence-corrected chi connectivity index (χ4v) is 4.24. The number of halogens is 2. The van der Waals surface area contributed by atoms with E-state index in [1.165, 1.54) is 25.9 Å². The molecular weight excluding hydrogens is 515 g/mol. The summed E-state index contributed by atoms with van der Waals surface area (Å²) >= 11 is 5.94. The van der Waals surface area contributed by atoms with Gasteiger partial charge in [0.05, 0.1) is 13.1 Å². The molecular formula is C22H36ClIN4O2. The summed E-state index contributed by atoms with van der Waals surface area (Å²) in [5, 5.41) is 7.52. The van der Waals surface area contributed by atoms with Crippen LogP contribution in [0.3, 0.4) is 0 Å². The first kappa shape index (κ1) is 25.5. The molecule has 1 aromatic carbocycles. The standard InChI is InChI=1S/C22H35ClN4O2.HI/c1-3-24-21(25-16-18(2)29-20-8-6-19(23)7-9-20)26-17-22(10-14-28-15-11-22)27-12-4-5-13-27;/h6-9,18H,3-5,10-17H2,1-2H3,(H2,24,25,26);1H. The molecule has 1 unspecified atom stereocenters. The lowest BCUT2D eigenvalue weighted by atomic mass is 9.88. The molecule has 0 aromatic heterocycles. The Hall–Kier alpha value is -0.770. The highest BCUT2D eigenvalue weighted by atomic mass is 127. The van der Waals surface area contributed by atoms with Crippen molar-refractivity contribution < 1.29 is 9.47 Å². The predicted molar refractivity (Wildman–Crippen MR) is 135 cm³/mol. The Morgan fingerprint density at radius 2 is 1.87 bits per heavy atom. The number of hydrogen-bond acceptors (Lipinski definition) is 4. The molecule has 0 aliphatic carbocycles. The molecule has 3 rings (SSSR count). The highest BCUT2D eigenvalue weighted by molar-refractivity contribution is 14.0. The fraction of sp³-hybridized carbons (Fsp3) is 0.682. The summed E-state index contributed by atoms with van der Waals surface area (Å²) in [4.78, 5) is 7.62. The third kappa shape index (κ3) is 7.43. The number of nitrogens with one attached hydrogen (secondary N) is 2. The zero-order chi connectivity index (χ0) is 20.5. The minimum Gasteiger partial charge on any atom is -0.489 e. The molecule has 1 atom stereocenters. The lowest BCUT2D eigenvalue weighted by molar-refractivity contribution is -0.0139. The van der Waals surface area contributed by atoms with E-state index in [9.17, 15) is 0 Å². The lowest BCUT2D eigenvalue weighted by Crippen LogP contribution is -2.54. The summed E-state index contributed by atoms with van der Waals surface area (Å²) in [6, 6.07) is 7.47. The van der Waals surface area contributed by atoms with Crippen LogP contribution in [0.5, 0.6) is 5.75 Å². The van der Waals surface area contributed by atoms with Crippen LogP contribution in [0.2, 0.25) is 5.02 Å². The van der Waals surface area contributed by atoms with Crippen LogP contribution in [0, 0.1) is 0 Å². The summed E-state index contributed by atoms with van der Waals surface area (Å²) < 4.78 is 11.6. The van der Waals surface area contributed by atoms with Gasteiger partial charge in [0.2, 0.25) is 0 Å². The average molecular weight is 551 g/mol. The van der Waals surface area contributed by atoms with Crippen molar-refractivity contribution in [2.24, 2.45) is 4.99 Å². The number of hydrogen-bond donors (Lipinski definition) is 2. The molecule has 0 bridgehead atoms. The SMILES string of the molecule is CCNC(=NCC1(N2CCCC2)CCOCC1)NCC(C)Oc1ccc(Cl)cc1.I. The summed E-state index contributed by atoms with van der Waals surface area (Å²) in [6.07, 6.45) is 4.72. The Balaban J connectivity index is 0.00000320. The molecule has 2 saturated heterocycles. The number of benzene rings is 1. The molecule has 30 heavy (non-hydrogen) atoms. The van der Waals surface area contributed by atoms with E-state index in [-0.39, 0.29) is 35.6 Å². The minimum absolute atomic E-state index is 0. The van der Waals surface area contributed by atoms with Crippen molar-refractivity contribution in [2.75, 3.05) is 45.9 Å². The maximum Gasteiger partial charge on any atom is 0.191 e. The first-order chi connectivity index (χ1) is 14.1. The fourth-order valence-electron chi connectivity index (χ4n) is 4.11. The third-order valence-corrected chi connectivity index (χ3v) is 6.04. The molecule has 0 amide bonds. The van der Waals surface area contributed by atoms with E-state index in [0.717, 1.165) is 50.9 Å². The number of ether oxygens (including phenoxy) is 2. The van der Waals surface area contributed by atoms with Gasteiger partial charge >= 0.3 is 0 Å². The zero-order valence-corrected chi connectivity index (χ0v) is 21.2. The quantitative estimate of drug-likeness (QED) is 0.292. The van der Waals surface area contributed by atoms with E-state index in [4.69, 9.17) is 26.1 Å². The van der Waals surface area contributed by atoms with Gasteiger partial charge in [0.15, 0.2) is 5.96 Å². The number of likely N-dealkylation sites (tertiary alicyclic amines) is 1. The molecule has 6 nitrogen and oxygen atoms in total. The Bertz CT molecular complexity index is 647. The highest BCUT2D eigenvalue weighted by Gasteiger charge is 2.39. The topological polar surface area (TPSA) is 58.1 Å². The zero-order valence-electron chi connectivity index (χ0n) is 18.2. The van der Waals surface area contributed by atoms with E-state index in [1.54, 1.807) is 0 Å². The maximum atomic E-state index is 5.96. The Morgan fingerprint density at radius 3 is 2.50 bits per heavy atom. The van der Waals surface area contributed by atoms with E-state index in [1.807, 2.05) is 24.3 Å². The van der Waals surface area contributed by atoms with Crippen LogP contribution in [-0.2, 0) is 4.74 Å². The summed E-state index contributed by atoms with van der Waals surface area (Å²) in [7, 11) is 0. The van der Waals surface area contributed by atoms with Gasteiger partial charge in [-0.15, -0.1) is 24.0 Å². The highest BCUT2D eigenvalue weighted by Crippen LogP contribution is 2.31. The van der Waals surface area contributed by atoms with Crippen LogP contribution in [0.15, 0.2) is 29.3 Å². The lowest BCUT2D eigenvalue weighted by Gasteiger charge is -2.43. The average Bonchev–Trinajstić information content (AvgIpc) is 3.28. The van der Waals surface area contributed by atoms with Gasteiger partial charge in [-0.25, -0.2) is 0 Å². The molecule has 2 N–H and O–H groups in total. The monoisotopic (exact) mass is 550 g/mol. The van der Waals surface area contributed by atoms with Gasteiger partial charge in [0.25, 0.3) is 0 Å². The molecule has 0 spiro atoms. The maximum absolute atomic E-state index is 5.96. The van der Waals surface area contributed by atoms with E-state index in [2.05, 4.69) is 29.4 Å². The summed E-state index contributed by atoms with van der Waals surface area (Å²) in [5.74, 6) is 1.67. The van der Waals surface area contributed by atoms with Crippen LogP contribution in [-0.4, -0.2) is 68.4 Å². The van der Waals surface area contributed by atoms with E-state index in [0.29, 0.717) is 11.6 Å². The Morgan fingerprint density at radius 1 is 1.20 bits per heavy atom. The summed E-state index contributed by atoms with van der Waals surface area (Å²) in [5.41, 5.74) is 0.141. The molecule has 1 aromatic rings. The largest absolute Gasteiger partial charge is 0.489 e. The molecule has 170 valence electrons. The second-order valence-corrected chi connectivity index (χ2v) is 8.43. The third-order valence-electron chi connectivity index (χ3n) is 5.78. The van der Waals surface area contributed by atoms with Crippen molar-refractivity contribution >= 4 is 41.5 Å². The molecule has 0 saturated carbocycles. The van der Waals surface area contributed by atoms with Gasteiger partial charge in [-0.05, 0) is 76.9 Å². The molecule has 2 aliphatic rings. The van der Waals surface area contributed by atoms with Crippen LogP contribution in [0.4, 0.5) is 0 Å². The number of nitrogens with zero attached hydrogens (tertiary/aromatic N) is 2. The predicted octanol–water partition coefficient (Wildman–Crippen LogP) is 3.93. The van der Waals surface area contributed by atoms with Gasteiger partial charge in [0.1, 0.15) is 11.9 Å². The van der Waals surface area contributed by atoms with Crippen LogP contribution < -0.4 is 15.4 Å². The van der Waals surface area contributed by atoms with Crippen LogP contribution in [0.1, 0.15) is 39.5 Å². The van der Waals surface area contributed by atoms with E-state index < -0.39 is 0 Å². The smallest absolute Gasteiger partial charge is 0.191 e. The second kappa shape index (κ2) is 12.9. The van der Waals surface area contributed by atoms with Gasteiger partial charge in [-0.2, -0.15) is 0 Å². The molecule has 2 fully saturated rings. The number of rotatable bonds is 8. The first-order valence-electron chi connectivity index (χ1n) is 10.9. The molecule has 0 radical (unpaired) electrons. The van der Waals surface area contributed by atoms with E-state index >= 15 is 0 Å². The van der Waals surface area contributed by atoms with Crippen molar-refractivity contribution in [1.29, 1.82) is 0 Å². The van der Waals surface area contributed by atoms with Gasteiger partial charge in [-0.3, -0.25) is 9.89 Å². The normalized spacial score (nSPS) is 20.3. The Kier molecular flexibility index (Phi) is 11.0. The van der Waals surface area contributed by atoms with Crippen LogP contribution in [0.25, 0.3) is 0 Å². The van der Waals surface area contributed by atoms with Gasteiger partial charge in [0, 0.05) is 30.3 Å². The van der Waals surface area contributed by atoms with Crippen molar-refractivity contribution in [3.8, 4) is 5.75 Å². The van der Waals surface area contributed by atoms with Crippen molar-refractivity contribution in [3.63, 3.8) is 0 Å². The van der Waals surface area contributed by atoms with Crippen molar-refractivity contribution in [2.45, 2.75) is 51.2 Å². The van der Waals surface area contributed by atoms with Gasteiger partial charge in [-0.1, -0.05) is 11.6 Å². The minimum atomic E-state index is 0. The first-order valence-corrected chi connectivity index (χ1v) is 11.3. The number of aliphatic imine (C=N–C) groups is 1. The van der Waals surface area contributed by atoms with Crippen molar-refractivity contribution in [1.82, 2.24) is 15.5 Å². The summed E-state index contributed by atoms with van der Waals surface area (Å²) in [6.45, 7) is 10.5. The Labute approximate surface area is 203 Å². The molecule has 2 heterocycles. The molecule has 2 aliphatic heterocycles. The van der Waals surface area contributed by atoms with Crippen molar-refractivity contribution in [3.05, 3.63) is 29.3 Å². The van der Waals surface area contributed by atoms with Crippen LogP contribution >= 0.6 is 35.6 Å².